The molecule has 164 valence electrons. The minimum Gasteiger partial charge on any atom is -0.486 e. The number of ketones is 1. The molecule has 0 fully saturated rings. The topological polar surface area (TPSA) is 77.1 Å². The molecule has 8 heteroatoms. The summed E-state index contributed by atoms with van der Waals surface area (Å²) in [5, 5.41) is 7.57. The van der Waals surface area contributed by atoms with Crippen LogP contribution in [0.4, 0.5) is 4.39 Å². The van der Waals surface area contributed by atoms with E-state index in [0.29, 0.717) is 22.5 Å². The molecule has 0 aliphatic carbocycles. The molecule has 4 rings (SSSR count). The van der Waals surface area contributed by atoms with Crippen LogP contribution in [-0.2, 0) is 13.0 Å². The Kier molecular flexibility index (Phi) is 6.37. The molecule has 0 aliphatic heterocycles. The summed E-state index contributed by atoms with van der Waals surface area (Å²) < 4.78 is 26.4. The highest BCUT2D eigenvalue weighted by Crippen LogP contribution is 2.30. The Morgan fingerprint density at radius 1 is 1.16 bits per heavy atom. The summed E-state index contributed by atoms with van der Waals surface area (Å²) in [5.41, 5.74) is 1.80. The molecule has 0 amide bonds. The van der Waals surface area contributed by atoms with E-state index < -0.39 is 11.6 Å². The number of carbonyl (C=O) groups excluding carboxylic acids is 1. The van der Waals surface area contributed by atoms with Gasteiger partial charge in [0.15, 0.2) is 23.0 Å². The highest BCUT2D eigenvalue weighted by molar-refractivity contribution is 6.34. The lowest BCUT2D eigenvalue weighted by atomic mass is 10.0. The predicted molar refractivity (Wildman–Crippen MR) is 120 cm³/mol. The van der Waals surface area contributed by atoms with Crippen LogP contribution < -0.4 is 9.47 Å². The molecule has 0 spiro atoms. The van der Waals surface area contributed by atoms with Crippen molar-refractivity contribution in [3.8, 4) is 11.6 Å². The molecule has 2 aromatic heterocycles. The maximum absolute atomic E-state index is 15.1. The smallest absolute Gasteiger partial charge is 0.242 e. The zero-order valence-corrected chi connectivity index (χ0v) is 18.3. The minimum absolute atomic E-state index is 0.0285. The summed E-state index contributed by atoms with van der Waals surface area (Å²) in [6.07, 6.45) is 1.38. The Morgan fingerprint density at radius 3 is 2.69 bits per heavy atom. The lowest BCUT2D eigenvalue weighted by molar-refractivity contribution is 0.0988. The van der Waals surface area contributed by atoms with E-state index in [1.807, 2.05) is 44.2 Å². The van der Waals surface area contributed by atoms with E-state index >= 15 is 4.39 Å². The second kappa shape index (κ2) is 9.36. The van der Waals surface area contributed by atoms with Crippen LogP contribution in [0.5, 0.6) is 11.6 Å². The third-order valence-corrected chi connectivity index (χ3v) is 5.04. The standard InChI is InChI=1S/C24H21ClFN3O3/c1-14(2)32-24-17-10-16(12-27-23(17)28-29-24)11-19(30)21-18(25)8-9-20(22(21)26)31-13-15-6-4-3-5-7-15/h3-10,12,14H,11,13H2,1-2H3,(H,27,28,29). The number of Topliss-reactive ketones (excluding diaryl/α,β-unsaturated/α-hetero) is 1. The number of nitrogens with one attached hydrogen (secondary N) is 1. The summed E-state index contributed by atoms with van der Waals surface area (Å²) in [5.74, 6) is -0.886. The molecule has 0 bridgehead atoms. The summed E-state index contributed by atoms with van der Waals surface area (Å²) in [7, 11) is 0. The van der Waals surface area contributed by atoms with Crippen LogP contribution in [0.3, 0.4) is 0 Å². The zero-order chi connectivity index (χ0) is 22.7. The predicted octanol–water partition coefficient (Wildman–Crippen LogP) is 5.54. The first-order valence-corrected chi connectivity index (χ1v) is 10.5. The van der Waals surface area contributed by atoms with E-state index in [1.165, 1.54) is 12.1 Å². The molecule has 1 N–H and O–H groups in total. The number of aromatic amines is 1. The van der Waals surface area contributed by atoms with Gasteiger partial charge in [-0.05, 0) is 43.2 Å². The molecule has 4 aromatic rings. The van der Waals surface area contributed by atoms with Crippen molar-refractivity contribution in [3.05, 3.63) is 82.3 Å². The van der Waals surface area contributed by atoms with Crippen LogP contribution in [0.25, 0.3) is 11.0 Å². The van der Waals surface area contributed by atoms with Gasteiger partial charge in [0.1, 0.15) is 6.61 Å². The van der Waals surface area contributed by atoms with Gasteiger partial charge < -0.3 is 9.47 Å². The molecule has 0 unspecified atom stereocenters. The molecular formula is C24H21ClFN3O3. The van der Waals surface area contributed by atoms with Crippen molar-refractivity contribution in [2.75, 3.05) is 0 Å². The van der Waals surface area contributed by atoms with Crippen molar-refractivity contribution in [3.63, 3.8) is 0 Å². The number of aromatic nitrogens is 3. The third kappa shape index (κ3) is 4.73. The van der Waals surface area contributed by atoms with Crippen LogP contribution in [0.15, 0.2) is 54.7 Å². The number of pyridine rings is 1. The first kappa shape index (κ1) is 21.8. The average Bonchev–Trinajstić information content (AvgIpc) is 3.15. The molecular weight excluding hydrogens is 433 g/mol. The lowest BCUT2D eigenvalue weighted by Crippen LogP contribution is -2.09. The van der Waals surface area contributed by atoms with Crippen LogP contribution in [0, 0.1) is 5.82 Å². The Balaban J connectivity index is 1.56. The highest BCUT2D eigenvalue weighted by atomic mass is 35.5. The van der Waals surface area contributed by atoms with Crippen molar-refractivity contribution in [2.24, 2.45) is 0 Å². The fourth-order valence-corrected chi connectivity index (χ4v) is 3.49. The molecule has 0 atom stereocenters. The molecule has 2 heterocycles. The van der Waals surface area contributed by atoms with Gasteiger partial charge in [-0.1, -0.05) is 41.9 Å². The van der Waals surface area contributed by atoms with Crippen molar-refractivity contribution in [1.29, 1.82) is 0 Å². The van der Waals surface area contributed by atoms with Crippen molar-refractivity contribution in [2.45, 2.75) is 33.0 Å². The lowest BCUT2D eigenvalue weighted by Gasteiger charge is -2.12. The van der Waals surface area contributed by atoms with Gasteiger partial charge in [-0.15, -0.1) is 5.10 Å². The first-order valence-electron chi connectivity index (χ1n) is 10.1. The van der Waals surface area contributed by atoms with Crippen LogP contribution in [0.1, 0.15) is 35.3 Å². The quantitative estimate of drug-likeness (QED) is 0.354. The number of halogens is 2. The van der Waals surface area contributed by atoms with Gasteiger partial charge in [-0.3, -0.25) is 9.89 Å². The number of benzene rings is 2. The minimum atomic E-state index is -0.778. The van der Waals surface area contributed by atoms with Crippen molar-refractivity contribution >= 4 is 28.4 Å². The first-order chi connectivity index (χ1) is 15.4. The largest absolute Gasteiger partial charge is 0.486 e. The third-order valence-electron chi connectivity index (χ3n) is 4.72. The molecule has 0 saturated heterocycles. The van der Waals surface area contributed by atoms with Gasteiger partial charge in [-0.2, -0.15) is 0 Å². The van der Waals surface area contributed by atoms with E-state index in [0.717, 1.165) is 5.56 Å². The number of carbonyl (C=O) groups is 1. The van der Waals surface area contributed by atoms with Gasteiger partial charge in [0, 0.05) is 12.6 Å². The summed E-state index contributed by atoms with van der Waals surface area (Å²) in [4.78, 5) is 17.2. The van der Waals surface area contributed by atoms with E-state index in [1.54, 1.807) is 12.3 Å². The van der Waals surface area contributed by atoms with Gasteiger partial charge >= 0.3 is 0 Å². The Bertz CT molecular complexity index is 1260. The highest BCUT2D eigenvalue weighted by Gasteiger charge is 2.21. The number of fused-ring (bicyclic) bond motifs is 1. The number of H-pyrrole nitrogens is 1. The second-order valence-electron chi connectivity index (χ2n) is 7.54. The number of hydrogen-bond acceptors (Lipinski definition) is 5. The summed E-state index contributed by atoms with van der Waals surface area (Å²) in [6.45, 7) is 3.95. The molecule has 0 aliphatic rings. The van der Waals surface area contributed by atoms with E-state index in [2.05, 4.69) is 15.2 Å². The maximum atomic E-state index is 15.1. The van der Waals surface area contributed by atoms with Gasteiger partial charge in [0.25, 0.3) is 0 Å². The van der Waals surface area contributed by atoms with E-state index in [4.69, 9.17) is 21.1 Å². The van der Waals surface area contributed by atoms with Crippen LogP contribution in [0.2, 0.25) is 5.02 Å². The Hall–Kier alpha value is -3.45. The molecule has 0 radical (unpaired) electrons. The van der Waals surface area contributed by atoms with E-state index in [-0.39, 0.29) is 35.5 Å². The summed E-state index contributed by atoms with van der Waals surface area (Å²) in [6, 6.07) is 14.0. The van der Waals surface area contributed by atoms with Crippen LogP contribution in [-0.4, -0.2) is 27.1 Å². The normalized spacial score (nSPS) is 11.2. The van der Waals surface area contributed by atoms with Gasteiger partial charge in [0.2, 0.25) is 5.88 Å². The van der Waals surface area contributed by atoms with Crippen LogP contribution >= 0.6 is 11.6 Å². The molecule has 2 aromatic carbocycles. The fraction of sp³-hybridized carbons (Fsp3) is 0.208. The number of hydrogen-bond donors (Lipinski definition) is 1. The molecule has 32 heavy (non-hydrogen) atoms. The SMILES string of the molecule is CC(C)Oc1n[nH]c2ncc(CC(=O)c3c(Cl)ccc(OCc4ccccc4)c3F)cc12. The number of ether oxygens (including phenoxy) is 2. The fourth-order valence-electron chi connectivity index (χ4n) is 3.24. The van der Waals surface area contributed by atoms with Crippen molar-refractivity contribution in [1.82, 2.24) is 15.2 Å². The summed E-state index contributed by atoms with van der Waals surface area (Å²) >= 11 is 6.17. The monoisotopic (exact) mass is 453 g/mol. The molecule has 6 nitrogen and oxygen atoms in total. The van der Waals surface area contributed by atoms with Gasteiger partial charge in [-0.25, -0.2) is 9.37 Å². The number of nitrogens with zero attached hydrogens (tertiary/aromatic N) is 2. The number of rotatable bonds is 8. The molecule has 0 saturated carbocycles. The van der Waals surface area contributed by atoms with E-state index in [9.17, 15) is 4.79 Å². The second-order valence-corrected chi connectivity index (χ2v) is 7.95. The maximum Gasteiger partial charge on any atom is 0.242 e. The average molecular weight is 454 g/mol. The Labute approximate surface area is 189 Å². The van der Waals surface area contributed by atoms with Crippen molar-refractivity contribution < 1.29 is 18.7 Å². The van der Waals surface area contributed by atoms with Gasteiger partial charge in [0.05, 0.1) is 22.1 Å². The Morgan fingerprint density at radius 2 is 1.94 bits per heavy atom. The zero-order valence-electron chi connectivity index (χ0n) is 17.6.